The largest absolute Gasteiger partial charge is 0.368 e. The first kappa shape index (κ1) is 21.5. The Kier molecular flexibility index (Phi) is 5.48. The number of benzene rings is 2. The number of hydrogen-bond donors (Lipinski definition) is 0. The van der Waals surface area contributed by atoms with Crippen molar-refractivity contribution in [1.29, 1.82) is 0 Å². The molecule has 1 amide bonds. The van der Waals surface area contributed by atoms with Crippen molar-refractivity contribution in [3.8, 4) is 0 Å². The maximum Gasteiger partial charge on any atom is 0.226 e. The second-order valence-electron chi connectivity index (χ2n) is 10.3. The molecule has 1 saturated carbocycles. The molecule has 1 atom stereocenters. The minimum absolute atomic E-state index is 0.236. The number of hydrogen-bond acceptors (Lipinski definition) is 5. The van der Waals surface area contributed by atoms with Crippen LogP contribution in [0.15, 0.2) is 54.6 Å². The van der Waals surface area contributed by atoms with Gasteiger partial charge in [-0.05, 0) is 69.0 Å². The van der Waals surface area contributed by atoms with E-state index >= 15 is 0 Å². The van der Waals surface area contributed by atoms with Crippen molar-refractivity contribution in [2.75, 3.05) is 44.2 Å². The lowest BCUT2D eigenvalue weighted by atomic mass is 9.90. The van der Waals surface area contributed by atoms with E-state index in [-0.39, 0.29) is 11.3 Å². The Hall–Kier alpha value is -2.99. The summed E-state index contributed by atoms with van der Waals surface area (Å²) in [5.41, 5.74) is 5.54. The van der Waals surface area contributed by atoms with E-state index in [1.807, 2.05) is 24.3 Å². The molecule has 1 aliphatic carbocycles. The van der Waals surface area contributed by atoms with Crippen LogP contribution in [0.2, 0.25) is 0 Å². The summed E-state index contributed by atoms with van der Waals surface area (Å²) in [4.78, 5) is 29.9. The average Bonchev–Trinajstić information content (AvgIpc) is 3.59. The molecule has 0 bridgehead atoms. The summed E-state index contributed by atoms with van der Waals surface area (Å²) in [7, 11) is 0. The number of piperazine rings is 1. The van der Waals surface area contributed by atoms with Crippen molar-refractivity contribution < 1.29 is 4.79 Å². The van der Waals surface area contributed by atoms with E-state index in [1.165, 1.54) is 5.69 Å². The number of amides is 1. The molecule has 3 aliphatic rings. The van der Waals surface area contributed by atoms with Crippen molar-refractivity contribution in [3.05, 3.63) is 66.0 Å². The summed E-state index contributed by atoms with van der Waals surface area (Å²) in [5.74, 6) is 0.637. The summed E-state index contributed by atoms with van der Waals surface area (Å²) in [5, 5.41) is 0. The SMILES string of the molecule is Cc1nc2ccccc2nc1CN1CCC2(CC1)C[C@H]2C(=O)N1CCN(c2ccccc2)CC1. The number of aromatic nitrogens is 2. The maximum absolute atomic E-state index is 13.3. The van der Waals surface area contributed by atoms with E-state index in [1.54, 1.807) is 0 Å². The Morgan fingerprint density at radius 1 is 0.882 bits per heavy atom. The molecule has 0 N–H and O–H groups in total. The standard InChI is InChI=1S/C28H33N5O/c1-21-26(30-25-10-6-5-9-24(25)29-21)20-31-13-11-28(12-14-31)19-23(28)27(34)33-17-15-32(16-18-33)22-7-3-2-4-8-22/h2-10,23H,11-20H2,1H3/t23-/m0/s1. The molecule has 1 aromatic heterocycles. The molecule has 3 heterocycles. The maximum atomic E-state index is 13.3. The van der Waals surface area contributed by atoms with E-state index in [2.05, 4.69) is 52.0 Å². The van der Waals surface area contributed by atoms with Crippen LogP contribution in [0.5, 0.6) is 0 Å². The summed E-state index contributed by atoms with van der Waals surface area (Å²) in [6.07, 6.45) is 3.31. The molecular weight excluding hydrogens is 422 g/mol. The Morgan fingerprint density at radius 2 is 1.53 bits per heavy atom. The Balaban J connectivity index is 1.02. The first-order chi connectivity index (χ1) is 16.6. The first-order valence-corrected chi connectivity index (χ1v) is 12.6. The van der Waals surface area contributed by atoms with Crippen LogP contribution in [0.4, 0.5) is 5.69 Å². The summed E-state index contributed by atoms with van der Waals surface area (Å²) in [6.45, 7) is 8.52. The van der Waals surface area contributed by atoms with Crippen molar-refractivity contribution in [3.63, 3.8) is 0 Å². The molecule has 2 saturated heterocycles. The van der Waals surface area contributed by atoms with E-state index < -0.39 is 0 Å². The number of likely N-dealkylation sites (tertiary alicyclic amines) is 1. The third-order valence-electron chi connectivity index (χ3n) is 8.27. The fraction of sp³-hybridized carbons (Fsp3) is 0.464. The van der Waals surface area contributed by atoms with Crippen molar-refractivity contribution in [1.82, 2.24) is 19.8 Å². The van der Waals surface area contributed by atoms with Gasteiger partial charge in [0.15, 0.2) is 0 Å². The molecule has 176 valence electrons. The summed E-state index contributed by atoms with van der Waals surface area (Å²) in [6, 6.07) is 18.6. The van der Waals surface area contributed by atoms with Crippen molar-refractivity contribution >= 4 is 22.6 Å². The number of fused-ring (bicyclic) bond motifs is 1. The molecule has 0 radical (unpaired) electrons. The van der Waals surface area contributed by atoms with Crippen LogP contribution in [-0.4, -0.2) is 64.9 Å². The highest BCUT2D eigenvalue weighted by Crippen LogP contribution is 2.60. The van der Waals surface area contributed by atoms with Gasteiger partial charge in [0, 0.05) is 44.3 Å². The molecule has 6 rings (SSSR count). The fourth-order valence-corrected chi connectivity index (χ4v) is 5.94. The number of aryl methyl sites for hydroxylation is 1. The van der Waals surface area contributed by atoms with Crippen LogP contribution < -0.4 is 4.90 Å². The normalized spacial score (nSPS) is 22.3. The van der Waals surface area contributed by atoms with E-state index in [4.69, 9.17) is 9.97 Å². The average molecular weight is 456 g/mol. The lowest BCUT2D eigenvalue weighted by molar-refractivity contribution is -0.134. The minimum atomic E-state index is 0.236. The van der Waals surface area contributed by atoms with Gasteiger partial charge in [-0.15, -0.1) is 0 Å². The second kappa shape index (κ2) is 8.66. The van der Waals surface area contributed by atoms with Crippen LogP contribution in [0.25, 0.3) is 11.0 Å². The van der Waals surface area contributed by atoms with Crippen LogP contribution in [0.3, 0.4) is 0 Å². The van der Waals surface area contributed by atoms with Crippen LogP contribution >= 0.6 is 0 Å². The number of para-hydroxylation sites is 3. The van der Waals surface area contributed by atoms with Gasteiger partial charge in [-0.1, -0.05) is 30.3 Å². The van der Waals surface area contributed by atoms with E-state index in [9.17, 15) is 4.79 Å². The number of carbonyl (C=O) groups excluding carboxylic acids is 1. The third kappa shape index (κ3) is 4.05. The predicted molar refractivity (Wildman–Crippen MR) is 135 cm³/mol. The first-order valence-electron chi connectivity index (χ1n) is 12.6. The number of carbonyl (C=O) groups is 1. The Morgan fingerprint density at radius 3 is 2.24 bits per heavy atom. The third-order valence-corrected chi connectivity index (χ3v) is 8.27. The molecule has 0 unspecified atom stereocenters. The molecule has 3 aromatic rings. The highest BCUT2D eigenvalue weighted by atomic mass is 16.2. The monoisotopic (exact) mass is 455 g/mol. The van der Waals surface area contributed by atoms with Crippen LogP contribution in [0, 0.1) is 18.3 Å². The minimum Gasteiger partial charge on any atom is -0.368 e. The van der Waals surface area contributed by atoms with Gasteiger partial charge in [-0.3, -0.25) is 9.69 Å². The van der Waals surface area contributed by atoms with Gasteiger partial charge in [-0.25, -0.2) is 9.97 Å². The predicted octanol–water partition coefficient (Wildman–Crippen LogP) is 3.89. The Bertz CT molecular complexity index is 1180. The van der Waals surface area contributed by atoms with Gasteiger partial charge in [-0.2, -0.15) is 0 Å². The van der Waals surface area contributed by atoms with Gasteiger partial charge in [0.1, 0.15) is 0 Å². The summed E-state index contributed by atoms with van der Waals surface area (Å²) >= 11 is 0. The summed E-state index contributed by atoms with van der Waals surface area (Å²) < 4.78 is 0. The highest BCUT2D eigenvalue weighted by molar-refractivity contribution is 5.83. The van der Waals surface area contributed by atoms with E-state index in [0.29, 0.717) is 5.91 Å². The van der Waals surface area contributed by atoms with E-state index in [0.717, 1.165) is 87.5 Å². The molecule has 34 heavy (non-hydrogen) atoms. The van der Waals surface area contributed by atoms with Gasteiger partial charge in [0.2, 0.25) is 5.91 Å². The number of piperidine rings is 1. The number of rotatable bonds is 4. The van der Waals surface area contributed by atoms with Crippen LogP contribution in [-0.2, 0) is 11.3 Å². The lowest BCUT2D eigenvalue weighted by Crippen LogP contribution is -2.50. The molecule has 6 nitrogen and oxygen atoms in total. The molecule has 6 heteroatoms. The zero-order valence-electron chi connectivity index (χ0n) is 20.0. The second-order valence-corrected chi connectivity index (χ2v) is 10.3. The highest BCUT2D eigenvalue weighted by Gasteiger charge is 2.59. The molecule has 2 aromatic carbocycles. The van der Waals surface area contributed by atoms with Gasteiger partial charge >= 0.3 is 0 Å². The van der Waals surface area contributed by atoms with Crippen LogP contribution in [0.1, 0.15) is 30.7 Å². The number of anilines is 1. The zero-order chi connectivity index (χ0) is 23.1. The quantitative estimate of drug-likeness (QED) is 0.598. The number of nitrogens with zero attached hydrogens (tertiary/aromatic N) is 5. The van der Waals surface area contributed by atoms with Gasteiger partial charge in [0.25, 0.3) is 0 Å². The van der Waals surface area contributed by atoms with Gasteiger partial charge < -0.3 is 9.80 Å². The Labute approximate surface area is 201 Å². The van der Waals surface area contributed by atoms with Crippen molar-refractivity contribution in [2.24, 2.45) is 11.3 Å². The topological polar surface area (TPSA) is 52.6 Å². The fourth-order valence-electron chi connectivity index (χ4n) is 5.94. The van der Waals surface area contributed by atoms with Crippen molar-refractivity contribution in [2.45, 2.75) is 32.7 Å². The molecular formula is C28H33N5O. The zero-order valence-corrected chi connectivity index (χ0v) is 20.0. The molecule has 3 fully saturated rings. The molecule has 1 spiro atoms. The van der Waals surface area contributed by atoms with Gasteiger partial charge in [0.05, 0.1) is 22.4 Å². The lowest BCUT2D eigenvalue weighted by Gasteiger charge is -2.37. The molecule has 2 aliphatic heterocycles. The smallest absolute Gasteiger partial charge is 0.226 e.